The lowest BCUT2D eigenvalue weighted by atomic mass is 10.2. The number of aromatic nitrogens is 2. The number of aromatic amines is 1. The van der Waals surface area contributed by atoms with Crippen molar-refractivity contribution in [1.29, 1.82) is 0 Å². The van der Waals surface area contributed by atoms with Crippen molar-refractivity contribution in [2.75, 3.05) is 14.1 Å². The molecule has 0 radical (unpaired) electrons. The second-order valence-electron chi connectivity index (χ2n) is 2.78. The summed E-state index contributed by atoms with van der Waals surface area (Å²) in [6, 6.07) is -0.0532. The van der Waals surface area contributed by atoms with Gasteiger partial charge in [0, 0.05) is 6.20 Å². The molecule has 0 bridgehead atoms. The molecular weight excluding hydrogens is 172 g/mol. The predicted octanol–water partition coefficient (Wildman–Crippen LogP) is 0.298. The molecule has 0 fully saturated rings. The zero-order valence-corrected chi connectivity index (χ0v) is 7.93. The van der Waals surface area contributed by atoms with Crippen molar-refractivity contribution in [2.24, 2.45) is 5.73 Å². The maximum atomic E-state index is 5.57. The van der Waals surface area contributed by atoms with E-state index in [9.17, 15) is 0 Å². The first-order valence-corrected chi connectivity index (χ1v) is 3.97. The number of thiocarbonyl (C=S) groups is 1. The Hall–Kier alpha value is -0.940. The van der Waals surface area contributed by atoms with Crippen molar-refractivity contribution < 1.29 is 0 Å². The van der Waals surface area contributed by atoms with Gasteiger partial charge in [0.1, 0.15) is 6.04 Å². The molecule has 0 aliphatic carbocycles. The third-order valence-electron chi connectivity index (χ3n) is 1.60. The van der Waals surface area contributed by atoms with Gasteiger partial charge in [-0.1, -0.05) is 12.2 Å². The Morgan fingerprint density at radius 3 is 2.75 bits per heavy atom. The second kappa shape index (κ2) is 3.64. The number of rotatable bonds is 3. The largest absolute Gasteiger partial charge is 0.392 e. The first-order valence-electron chi connectivity index (χ1n) is 3.57. The fourth-order valence-corrected chi connectivity index (χ4v) is 1.44. The summed E-state index contributed by atoms with van der Waals surface area (Å²) in [7, 11) is 3.84. The summed E-state index contributed by atoms with van der Waals surface area (Å²) in [5, 5.41) is 0. The zero-order valence-electron chi connectivity index (χ0n) is 7.11. The first-order chi connectivity index (χ1) is 5.63. The number of H-pyrrole nitrogens is 1. The molecule has 0 aliphatic heterocycles. The molecule has 1 unspecified atom stereocenters. The maximum Gasteiger partial charge on any atom is 0.102 e. The molecule has 1 atom stereocenters. The van der Waals surface area contributed by atoms with Crippen molar-refractivity contribution in [2.45, 2.75) is 6.04 Å². The van der Waals surface area contributed by atoms with E-state index in [1.165, 1.54) is 0 Å². The number of hydrogen-bond donors (Lipinski definition) is 2. The lowest BCUT2D eigenvalue weighted by Gasteiger charge is -2.21. The number of nitrogens with two attached hydrogens (primary N) is 1. The van der Waals surface area contributed by atoms with E-state index in [2.05, 4.69) is 9.97 Å². The molecule has 12 heavy (non-hydrogen) atoms. The summed E-state index contributed by atoms with van der Waals surface area (Å²) in [4.78, 5) is 9.28. The molecular formula is C7H12N4S. The van der Waals surface area contributed by atoms with Crippen LogP contribution < -0.4 is 5.73 Å². The fraction of sp³-hybridized carbons (Fsp3) is 0.429. The molecule has 3 N–H and O–H groups in total. The highest BCUT2D eigenvalue weighted by Crippen LogP contribution is 2.14. The van der Waals surface area contributed by atoms with Crippen LogP contribution in [-0.2, 0) is 0 Å². The average molecular weight is 184 g/mol. The van der Waals surface area contributed by atoms with Crippen LogP contribution in [0.15, 0.2) is 12.5 Å². The number of nitrogens with zero attached hydrogens (tertiary/aromatic N) is 2. The van der Waals surface area contributed by atoms with Gasteiger partial charge in [-0.05, 0) is 14.1 Å². The standard InChI is InChI=1S/C7H12N4S/c1-11(2)6(7(8)12)5-3-9-4-10-5/h3-4,6H,1-2H3,(H2,8,12)(H,9,10). The van der Waals surface area contributed by atoms with E-state index in [0.29, 0.717) is 4.99 Å². The second-order valence-corrected chi connectivity index (χ2v) is 3.25. The Balaban J connectivity index is 2.88. The molecule has 0 spiro atoms. The van der Waals surface area contributed by atoms with Crippen molar-refractivity contribution in [3.05, 3.63) is 18.2 Å². The maximum absolute atomic E-state index is 5.57. The minimum Gasteiger partial charge on any atom is -0.392 e. The molecule has 0 aliphatic rings. The van der Waals surface area contributed by atoms with Crippen LogP contribution in [0.5, 0.6) is 0 Å². The van der Waals surface area contributed by atoms with Gasteiger partial charge < -0.3 is 10.7 Å². The molecule has 4 nitrogen and oxygen atoms in total. The van der Waals surface area contributed by atoms with E-state index < -0.39 is 0 Å². The van der Waals surface area contributed by atoms with E-state index in [1.54, 1.807) is 12.5 Å². The molecule has 0 saturated carbocycles. The van der Waals surface area contributed by atoms with E-state index in [0.717, 1.165) is 5.69 Å². The zero-order chi connectivity index (χ0) is 9.14. The van der Waals surface area contributed by atoms with Gasteiger partial charge in [0.25, 0.3) is 0 Å². The normalized spacial score (nSPS) is 13.2. The molecule has 66 valence electrons. The topological polar surface area (TPSA) is 57.9 Å². The molecule has 0 amide bonds. The van der Waals surface area contributed by atoms with Crippen LogP contribution in [-0.4, -0.2) is 34.0 Å². The summed E-state index contributed by atoms with van der Waals surface area (Å²) < 4.78 is 0. The quantitative estimate of drug-likeness (QED) is 0.663. The van der Waals surface area contributed by atoms with Gasteiger partial charge in [-0.25, -0.2) is 4.98 Å². The Labute approximate surface area is 76.8 Å². The van der Waals surface area contributed by atoms with Gasteiger partial charge in [0.15, 0.2) is 0 Å². The predicted molar refractivity (Wildman–Crippen MR) is 51.8 cm³/mol. The summed E-state index contributed by atoms with van der Waals surface area (Å²) in [6.45, 7) is 0. The first kappa shape index (κ1) is 9.15. The number of hydrogen-bond acceptors (Lipinski definition) is 3. The fourth-order valence-electron chi connectivity index (χ4n) is 1.10. The molecule has 0 aromatic carbocycles. The van der Waals surface area contributed by atoms with Crippen LogP contribution in [0, 0.1) is 0 Å². The van der Waals surface area contributed by atoms with Gasteiger partial charge in [-0.15, -0.1) is 0 Å². The molecule has 0 saturated heterocycles. The summed E-state index contributed by atoms with van der Waals surface area (Å²) in [6.07, 6.45) is 3.34. The average Bonchev–Trinajstić information content (AvgIpc) is 2.37. The Morgan fingerprint density at radius 2 is 2.42 bits per heavy atom. The Bertz CT molecular complexity index is 254. The third-order valence-corrected chi connectivity index (χ3v) is 1.82. The van der Waals surface area contributed by atoms with Crippen LogP contribution >= 0.6 is 12.2 Å². The number of likely N-dealkylation sites (N-methyl/N-ethyl adjacent to an activating group) is 1. The van der Waals surface area contributed by atoms with Crippen molar-refractivity contribution in [1.82, 2.24) is 14.9 Å². The monoisotopic (exact) mass is 184 g/mol. The summed E-state index contributed by atoms with van der Waals surface area (Å²) in [5.41, 5.74) is 6.49. The highest BCUT2D eigenvalue weighted by molar-refractivity contribution is 7.80. The van der Waals surface area contributed by atoms with Crippen LogP contribution in [0.4, 0.5) is 0 Å². The minimum atomic E-state index is -0.0532. The molecule has 1 heterocycles. The van der Waals surface area contributed by atoms with Gasteiger partial charge in [0.2, 0.25) is 0 Å². The highest BCUT2D eigenvalue weighted by atomic mass is 32.1. The van der Waals surface area contributed by atoms with Gasteiger partial charge in [-0.3, -0.25) is 4.90 Å². The van der Waals surface area contributed by atoms with Gasteiger partial charge in [-0.2, -0.15) is 0 Å². The van der Waals surface area contributed by atoms with Crippen molar-refractivity contribution in [3.63, 3.8) is 0 Å². The number of nitrogens with one attached hydrogen (secondary N) is 1. The summed E-state index contributed by atoms with van der Waals surface area (Å²) >= 11 is 4.93. The molecule has 1 rings (SSSR count). The van der Waals surface area contributed by atoms with Gasteiger partial charge in [0.05, 0.1) is 17.0 Å². The van der Waals surface area contributed by atoms with E-state index in [1.807, 2.05) is 19.0 Å². The van der Waals surface area contributed by atoms with E-state index >= 15 is 0 Å². The van der Waals surface area contributed by atoms with Crippen LogP contribution in [0.3, 0.4) is 0 Å². The van der Waals surface area contributed by atoms with Crippen LogP contribution in [0.1, 0.15) is 11.7 Å². The van der Waals surface area contributed by atoms with Gasteiger partial charge >= 0.3 is 0 Å². The Kier molecular flexibility index (Phi) is 2.78. The summed E-state index contributed by atoms with van der Waals surface area (Å²) in [5.74, 6) is 0. The molecule has 1 aromatic rings. The van der Waals surface area contributed by atoms with Crippen LogP contribution in [0.25, 0.3) is 0 Å². The number of imidazole rings is 1. The lowest BCUT2D eigenvalue weighted by Crippen LogP contribution is -2.31. The minimum absolute atomic E-state index is 0.0532. The van der Waals surface area contributed by atoms with Crippen molar-refractivity contribution >= 4 is 17.2 Å². The third kappa shape index (κ3) is 1.80. The Morgan fingerprint density at radius 1 is 1.75 bits per heavy atom. The van der Waals surface area contributed by atoms with Crippen molar-refractivity contribution in [3.8, 4) is 0 Å². The van der Waals surface area contributed by atoms with Crippen LogP contribution in [0.2, 0.25) is 0 Å². The van der Waals surface area contributed by atoms with E-state index in [-0.39, 0.29) is 6.04 Å². The smallest absolute Gasteiger partial charge is 0.102 e. The molecule has 5 heteroatoms. The lowest BCUT2D eigenvalue weighted by molar-refractivity contribution is 0.366. The van der Waals surface area contributed by atoms with E-state index in [4.69, 9.17) is 18.0 Å². The highest BCUT2D eigenvalue weighted by Gasteiger charge is 2.17. The molecule has 1 aromatic heterocycles. The SMILES string of the molecule is CN(C)C(C(N)=S)c1cnc[nH]1.